The van der Waals surface area contributed by atoms with Crippen molar-refractivity contribution in [1.29, 1.82) is 0 Å². The van der Waals surface area contributed by atoms with Gasteiger partial charge in [-0.1, -0.05) is 6.08 Å². The average molecular weight is 155 g/mol. The SMILES string of the molecule is C=CC1NC(=O)[C@@H]1C(C)OC. The number of hydrogen-bond acceptors (Lipinski definition) is 2. The summed E-state index contributed by atoms with van der Waals surface area (Å²) >= 11 is 0. The molecule has 1 saturated heterocycles. The quantitative estimate of drug-likeness (QED) is 0.471. The molecule has 0 aliphatic carbocycles. The molecule has 2 unspecified atom stereocenters. The van der Waals surface area contributed by atoms with Crippen molar-refractivity contribution >= 4 is 5.91 Å². The summed E-state index contributed by atoms with van der Waals surface area (Å²) in [6.45, 7) is 5.50. The van der Waals surface area contributed by atoms with Crippen LogP contribution in [0.5, 0.6) is 0 Å². The highest BCUT2D eigenvalue weighted by Crippen LogP contribution is 2.21. The van der Waals surface area contributed by atoms with Crippen LogP contribution >= 0.6 is 0 Å². The molecule has 0 aromatic heterocycles. The Morgan fingerprint density at radius 3 is 2.82 bits per heavy atom. The molecule has 1 N–H and O–H groups in total. The van der Waals surface area contributed by atoms with Gasteiger partial charge in [0.2, 0.25) is 5.91 Å². The number of nitrogens with one attached hydrogen (secondary N) is 1. The molecule has 0 saturated carbocycles. The summed E-state index contributed by atoms with van der Waals surface area (Å²) in [6.07, 6.45) is 1.72. The highest BCUT2D eigenvalue weighted by Gasteiger charge is 2.41. The van der Waals surface area contributed by atoms with Gasteiger partial charge >= 0.3 is 0 Å². The van der Waals surface area contributed by atoms with Crippen LogP contribution < -0.4 is 5.32 Å². The van der Waals surface area contributed by atoms with E-state index in [1.54, 1.807) is 13.2 Å². The summed E-state index contributed by atoms with van der Waals surface area (Å²) in [5, 5.41) is 2.72. The molecule has 3 nitrogen and oxygen atoms in total. The molecule has 0 aromatic rings. The van der Waals surface area contributed by atoms with Gasteiger partial charge in [0.25, 0.3) is 0 Å². The van der Waals surface area contributed by atoms with E-state index in [1.165, 1.54) is 0 Å². The minimum Gasteiger partial charge on any atom is -0.381 e. The van der Waals surface area contributed by atoms with Gasteiger partial charge in [0, 0.05) is 7.11 Å². The summed E-state index contributed by atoms with van der Waals surface area (Å²) in [5.41, 5.74) is 0. The molecule has 1 heterocycles. The van der Waals surface area contributed by atoms with Gasteiger partial charge in [-0.15, -0.1) is 6.58 Å². The first-order chi connectivity index (χ1) is 5.20. The van der Waals surface area contributed by atoms with Gasteiger partial charge in [-0.2, -0.15) is 0 Å². The van der Waals surface area contributed by atoms with E-state index in [1.807, 2.05) is 6.92 Å². The maximum Gasteiger partial charge on any atom is 0.228 e. The molecule has 1 amide bonds. The molecule has 1 aliphatic heterocycles. The fourth-order valence-electron chi connectivity index (χ4n) is 1.27. The Labute approximate surface area is 66.4 Å². The second kappa shape index (κ2) is 3.05. The van der Waals surface area contributed by atoms with Crippen molar-refractivity contribution < 1.29 is 9.53 Å². The predicted molar refractivity (Wildman–Crippen MR) is 42.1 cm³/mol. The van der Waals surface area contributed by atoms with Crippen LogP contribution in [0.2, 0.25) is 0 Å². The molecular weight excluding hydrogens is 142 g/mol. The summed E-state index contributed by atoms with van der Waals surface area (Å²) in [6, 6.07) is 0.0949. The molecule has 0 bridgehead atoms. The Hall–Kier alpha value is -0.830. The zero-order valence-electron chi connectivity index (χ0n) is 6.83. The Bertz CT molecular complexity index is 179. The van der Waals surface area contributed by atoms with E-state index in [0.717, 1.165) is 0 Å². The molecule has 3 atom stereocenters. The Morgan fingerprint density at radius 1 is 1.82 bits per heavy atom. The van der Waals surface area contributed by atoms with E-state index in [2.05, 4.69) is 11.9 Å². The molecule has 3 heteroatoms. The fourth-order valence-corrected chi connectivity index (χ4v) is 1.27. The number of carbonyl (C=O) groups excluding carboxylic acids is 1. The Kier molecular flexibility index (Phi) is 2.29. The summed E-state index contributed by atoms with van der Waals surface area (Å²) < 4.78 is 5.05. The third-order valence-electron chi connectivity index (χ3n) is 2.13. The maximum atomic E-state index is 11.0. The van der Waals surface area contributed by atoms with Crippen molar-refractivity contribution in [2.24, 2.45) is 5.92 Å². The van der Waals surface area contributed by atoms with Crippen molar-refractivity contribution in [1.82, 2.24) is 5.32 Å². The first kappa shape index (κ1) is 8.27. The lowest BCUT2D eigenvalue weighted by Gasteiger charge is -2.37. The van der Waals surface area contributed by atoms with E-state index < -0.39 is 0 Å². The Balaban J connectivity index is 2.54. The van der Waals surface area contributed by atoms with Crippen molar-refractivity contribution in [2.75, 3.05) is 7.11 Å². The number of rotatable bonds is 3. The number of methoxy groups -OCH3 is 1. The van der Waals surface area contributed by atoms with Gasteiger partial charge in [-0.3, -0.25) is 4.79 Å². The normalized spacial score (nSPS) is 32.0. The zero-order chi connectivity index (χ0) is 8.43. The molecule has 1 rings (SSSR count). The lowest BCUT2D eigenvalue weighted by molar-refractivity contribution is -0.139. The monoisotopic (exact) mass is 155 g/mol. The second-order valence-electron chi connectivity index (χ2n) is 2.74. The summed E-state index contributed by atoms with van der Waals surface area (Å²) in [4.78, 5) is 11.0. The Morgan fingerprint density at radius 2 is 2.45 bits per heavy atom. The molecule has 1 fully saturated rings. The molecular formula is C8H13NO2. The van der Waals surface area contributed by atoms with Crippen LogP contribution in [-0.4, -0.2) is 25.2 Å². The minimum absolute atomic E-state index is 0.0215. The smallest absolute Gasteiger partial charge is 0.228 e. The standard InChI is InChI=1S/C8H13NO2/c1-4-6-7(5(2)11-3)8(10)9-6/h4-7H,1H2,2-3H3,(H,9,10)/t5?,6?,7-/m1/s1. The largest absolute Gasteiger partial charge is 0.381 e. The second-order valence-corrected chi connectivity index (χ2v) is 2.74. The van der Waals surface area contributed by atoms with E-state index in [4.69, 9.17) is 4.74 Å². The van der Waals surface area contributed by atoms with Crippen LogP contribution in [0, 0.1) is 5.92 Å². The minimum atomic E-state index is -0.0440. The number of carbonyl (C=O) groups is 1. The van der Waals surface area contributed by atoms with E-state index in [9.17, 15) is 4.79 Å². The van der Waals surface area contributed by atoms with Crippen molar-refractivity contribution in [3.05, 3.63) is 12.7 Å². The van der Waals surface area contributed by atoms with Gasteiger partial charge in [-0.25, -0.2) is 0 Å². The summed E-state index contributed by atoms with van der Waals surface area (Å²) in [5.74, 6) is 0.0155. The predicted octanol–water partition coefficient (Wildman–Crippen LogP) is 0.322. The number of amides is 1. The van der Waals surface area contributed by atoms with Crippen LogP contribution in [0.3, 0.4) is 0 Å². The van der Waals surface area contributed by atoms with Crippen molar-refractivity contribution in [2.45, 2.75) is 19.1 Å². The van der Waals surface area contributed by atoms with Gasteiger partial charge in [0.15, 0.2) is 0 Å². The number of β-lactam (4-membered cyclic amide) rings is 1. The molecule has 62 valence electrons. The third-order valence-corrected chi connectivity index (χ3v) is 2.13. The van der Waals surface area contributed by atoms with Gasteiger partial charge < -0.3 is 10.1 Å². The van der Waals surface area contributed by atoms with Crippen LogP contribution in [0.15, 0.2) is 12.7 Å². The van der Waals surface area contributed by atoms with Gasteiger partial charge in [-0.05, 0) is 6.92 Å². The lowest BCUT2D eigenvalue weighted by atomic mass is 9.86. The summed E-state index contributed by atoms with van der Waals surface area (Å²) in [7, 11) is 1.61. The maximum absolute atomic E-state index is 11.0. The average Bonchev–Trinajstić information content (AvgIpc) is 1.99. The van der Waals surface area contributed by atoms with E-state index in [-0.39, 0.29) is 24.0 Å². The fraction of sp³-hybridized carbons (Fsp3) is 0.625. The molecule has 0 radical (unpaired) electrons. The lowest BCUT2D eigenvalue weighted by Crippen LogP contribution is -2.61. The van der Waals surface area contributed by atoms with Gasteiger partial charge in [0.05, 0.1) is 18.1 Å². The van der Waals surface area contributed by atoms with Crippen LogP contribution in [0.4, 0.5) is 0 Å². The molecule has 11 heavy (non-hydrogen) atoms. The number of ether oxygens (including phenoxy) is 1. The van der Waals surface area contributed by atoms with Crippen LogP contribution in [-0.2, 0) is 9.53 Å². The zero-order valence-corrected chi connectivity index (χ0v) is 6.83. The van der Waals surface area contributed by atoms with Gasteiger partial charge in [0.1, 0.15) is 0 Å². The van der Waals surface area contributed by atoms with Crippen LogP contribution in [0.25, 0.3) is 0 Å². The van der Waals surface area contributed by atoms with Crippen LogP contribution in [0.1, 0.15) is 6.92 Å². The van der Waals surface area contributed by atoms with Crippen molar-refractivity contribution in [3.63, 3.8) is 0 Å². The van der Waals surface area contributed by atoms with Crippen molar-refractivity contribution in [3.8, 4) is 0 Å². The molecule has 1 aliphatic rings. The third kappa shape index (κ3) is 1.28. The topological polar surface area (TPSA) is 38.3 Å². The van der Waals surface area contributed by atoms with E-state index >= 15 is 0 Å². The first-order valence-electron chi connectivity index (χ1n) is 3.66. The highest BCUT2D eigenvalue weighted by atomic mass is 16.5. The molecule has 0 spiro atoms. The van der Waals surface area contributed by atoms with E-state index in [0.29, 0.717) is 0 Å². The molecule has 0 aromatic carbocycles. The highest BCUT2D eigenvalue weighted by molar-refractivity contribution is 5.87. The first-order valence-corrected chi connectivity index (χ1v) is 3.66. The number of hydrogen-bond donors (Lipinski definition) is 1.